The molecule has 1 aliphatic rings. The van der Waals surface area contributed by atoms with E-state index in [1.54, 1.807) is 18.2 Å². The lowest BCUT2D eigenvalue weighted by Gasteiger charge is -2.17. The number of aliphatic hydroxyl groups is 1. The average molecular weight is 337 g/mol. The number of hydrogen-bond donors (Lipinski definition) is 2. The lowest BCUT2D eigenvalue weighted by Crippen LogP contribution is -2.28. The van der Waals surface area contributed by atoms with Crippen LogP contribution in [-0.2, 0) is 22.9 Å². The summed E-state index contributed by atoms with van der Waals surface area (Å²) in [5, 5.41) is 11.9. The van der Waals surface area contributed by atoms with E-state index in [1.165, 1.54) is 23.3 Å². The van der Waals surface area contributed by atoms with Crippen LogP contribution in [0.1, 0.15) is 34.9 Å². The molecule has 0 radical (unpaired) electrons. The first-order valence-electron chi connectivity index (χ1n) is 7.39. The Kier molecular flexibility index (Phi) is 4.63. The minimum absolute atomic E-state index is 0.0140. The van der Waals surface area contributed by atoms with E-state index >= 15 is 0 Å². The summed E-state index contributed by atoms with van der Waals surface area (Å²) < 4.78 is 27.2. The van der Waals surface area contributed by atoms with Gasteiger partial charge in [0.15, 0.2) is 0 Å². The summed E-state index contributed by atoms with van der Waals surface area (Å²) in [6, 6.07) is 8.97. The second kappa shape index (κ2) is 6.50. The third-order valence-electron chi connectivity index (χ3n) is 3.97. The van der Waals surface area contributed by atoms with Crippen molar-refractivity contribution in [1.29, 1.82) is 0 Å². The molecule has 1 aromatic heterocycles. The SMILES string of the molecule is O=S(=O)(NCC(O)c1cccs1)c1ccc2c(c1)CCCC2. The Hall–Kier alpha value is -1.21. The van der Waals surface area contributed by atoms with Gasteiger partial charge in [0.25, 0.3) is 0 Å². The van der Waals surface area contributed by atoms with Crippen LogP contribution in [0.5, 0.6) is 0 Å². The van der Waals surface area contributed by atoms with Crippen LogP contribution in [-0.4, -0.2) is 20.1 Å². The molecule has 0 bridgehead atoms. The van der Waals surface area contributed by atoms with Gasteiger partial charge in [-0.05, 0) is 60.4 Å². The zero-order chi connectivity index (χ0) is 15.6. The van der Waals surface area contributed by atoms with E-state index in [-0.39, 0.29) is 11.4 Å². The number of sulfonamides is 1. The predicted octanol–water partition coefficient (Wildman–Crippen LogP) is 2.64. The number of nitrogens with one attached hydrogen (secondary N) is 1. The normalized spacial score (nSPS) is 16.2. The minimum Gasteiger partial charge on any atom is -0.386 e. The Labute approximate surface area is 134 Å². The second-order valence-corrected chi connectivity index (χ2v) is 8.27. The first-order valence-corrected chi connectivity index (χ1v) is 9.75. The molecular formula is C16H19NO3S2. The maximum atomic E-state index is 12.4. The number of aryl methyl sites for hydroxylation is 2. The van der Waals surface area contributed by atoms with Crippen molar-refractivity contribution in [3.63, 3.8) is 0 Å². The molecule has 1 aromatic carbocycles. The molecule has 22 heavy (non-hydrogen) atoms. The summed E-state index contributed by atoms with van der Waals surface area (Å²) in [6.07, 6.45) is 3.44. The highest BCUT2D eigenvalue weighted by molar-refractivity contribution is 7.89. The third kappa shape index (κ3) is 3.41. The van der Waals surface area contributed by atoms with Gasteiger partial charge in [0, 0.05) is 11.4 Å². The van der Waals surface area contributed by atoms with Gasteiger partial charge in [-0.2, -0.15) is 0 Å². The Bertz CT molecular complexity index is 739. The fourth-order valence-electron chi connectivity index (χ4n) is 2.73. The van der Waals surface area contributed by atoms with Crippen LogP contribution >= 0.6 is 11.3 Å². The Morgan fingerprint density at radius 3 is 2.68 bits per heavy atom. The predicted molar refractivity (Wildman–Crippen MR) is 87.6 cm³/mol. The van der Waals surface area contributed by atoms with Gasteiger partial charge in [0.1, 0.15) is 6.10 Å². The Balaban J connectivity index is 1.72. The average Bonchev–Trinajstić information content (AvgIpc) is 3.07. The van der Waals surface area contributed by atoms with Gasteiger partial charge in [0.05, 0.1) is 4.90 Å². The van der Waals surface area contributed by atoms with Gasteiger partial charge in [0.2, 0.25) is 10.0 Å². The van der Waals surface area contributed by atoms with Gasteiger partial charge in [-0.25, -0.2) is 13.1 Å². The highest BCUT2D eigenvalue weighted by atomic mass is 32.2. The van der Waals surface area contributed by atoms with E-state index in [1.807, 2.05) is 17.5 Å². The monoisotopic (exact) mass is 337 g/mol. The summed E-state index contributed by atoms with van der Waals surface area (Å²) >= 11 is 1.41. The number of rotatable bonds is 5. The smallest absolute Gasteiger partial charge is 0.240 e. The molecule has 0 fully saturated rings. The molecule has 1 heterocycles. The van der Waals surface area contributed by atoms with Gasteiger partial charge in [-0.15, -0.1) is 11.3 Å². The summed E-state index contributed by atoms with van der Waals surface area (Å²) in [7, 11) is -3.59. The first kappa shape index (κ1) is 15.7. The highest BCUT2D eigenvalue weighted by Gasteiger charge is 2.19. The number of fused-ring (bicyclic) bond motifs is 1. The number of benzene rings is 1. The molecule has 2 N–H and O–H groups in total. The van der Waals surface area contributed by atoms with Gasteiger partial charge in [-0.3, -0.25) is 0 Å². The van der Waals surface area contributed by atoms with Crippen LogP contribution in [0.25, 0.3) is 0 Å². The number of hydrogen-bond acceptors (Lipinski definition) is 4. The van der Waals surface area contributed by atoms with E-state index in [9.17, 15) is 13.5 Å². The van der Waals surface area contributed by atoms with Gasteiger partial charge >= 0.3 is 0 Å². The molecule has 1 atom stereocenters. The first-order chi connectivity index (χ1) is 10.6. The molecule has 3 rings (SSSR count). The van der Waals surface area contributed by atoms with E-state index in [0.717, 1.165) is 29.7 Å². The zero-order valence-corrected chi connectivity index (χ0v) is 13.8. The molecule has 1 aliphatic carbocycles. The van der Waals surface area contributed by atoms with Crippen molar-refractivity contribution < 1.29 is 13.5 Å². The standard InChI is InChI=1S/C16H19NO3S2/c18-15(16-6-3-9-21-16)11-17-22(19,20)14-8-7-12-4-1-2-5-13(12)10-14/h3,6-10,15,17-18H,1-2,4-5,11H2. The summed E-state index contributed by atoms with van der Waals surface area (Å²) in [5.41, 5.74) is 2.39. The molecule has 4 nitrogen and oxygen atoms in total. The maximum absolute atomic E-state index is 12.4. The highest BCUT2D eigenvalue weighted by Crippen LogP contribution is 2.24. The maximum Gasteiger partial charge on any atom is 0.240 e. The fraction of sp³-hybridized carbons (Fsp3) is 0.375. The van der Waals surface area contributed by atoms with Gasteiger partial charge in [-0.1, -0.05) is 12.1 Å². The number of aliphatic hydroxyl groups excluding tert-OH is 1. The lowest BCUT2D eigenvalue weighted by molar-refractivity contribution is 0.186. The van der Waals surface area contributed by atoms with Crippen molar-refractivity contribution in [2.24, 2.45) is 0 Å². The molecular weight excluding hydrogens is 318 g/mol. The Morgan fingerprint density at radius 1 is 1.18 bits per heavy atom. The van der Waals surface area contributed by atoms with E-state index in [4.69, 9.17) is 0 Å². The molecule has 0 spiro atoms. The molecule has 0 amide bonds. The van der Waals surface area contributed by atoms with Crippen LogP contribution in [0.2, 0.25) is 0 Å². The molecule has 6 heteroatoms. The second-order valence-electron chi connectivity index (χ2n) is 5.52. The molecule has 0 saturated carbocycles. The van der Waals surface area contributed by atoms with Crippen LogP contribution in [0.3, 0.4) is 0 Å². The summed E-state index contributed by atoms with van der Waals surface area (Å²) in [5.74, 6) is 0. The molecule has 1 unspecified atom stereocenters. The molecule has 2 aromatic rings. The fourth-order valence-corrected chi connectivity index (χ4v) is 4.53. The molecule has 0 aliphatic heterocycles. The van der Waals surface area contributed by atoms with Crippen molar-refractivity contribution in [3.05, 3.63) is 51.7 Å². The van der Waals surface area contributed by atoms with Crippen molar-refractivity contribution in [2.45, 2.75) is 36.7 Å². The quantitative estimate of drug-likeness (QED) is 0.881. The molecule has 118 valence electrons. The van der Waals surface area contributed by atoms with E-state index in [0.29, 0.717) is 0 Å². The zero-order valence-electron chi connectivity index (χ0n) is 12.2. The van der Waals surface area contributed by atoms with Crippen molar-refractivity contribution in [3.8, 4) is 0 Å². The summed E-state index contributed by atoms with van der Waals surface area (Å²) in [4.78, 5) is 1.04. The van der Waals surface area contributed by atoms with Gasteiger partial charge < -0.3 is 5.11 Å². The van der Waals surface area contributed by atoms with E-state index < -0.39 is 16.1 Å². The van der Waals surface area contributed by atoms with Crippen LogP contribution < -0.4 is 4.72 Å². The minimum atomic E-state index is -3.59. The van der Waals surface area contributed by atoms with Crippen molar-refractivity contribution in [2.75, 3.05) is 6.54 Å². The largest absolute Gasteiger partial charge is 0.386 e. The van der Waals surface area contributed by atoms with Crippen LogP contribution in [0.15, 0.2) is 40.6 Å². The summed E-state index contributed by atoms with van der Waals surface area (Å²) in [6.45, 7) is -0.0140. The van der Waals surface area contributed by atoms with Crippen molar-refractivity contribution in [1.82, 2.24) is 4.72 Å². The van der Waals surface area contributed by atoms with E-state index in [2.05, 4.69) is 4.72 Å². The van der Waals surface area contributed by atoms with Crippen LogP contribution in [0.4, 0.5) is 0 Å². The third-order valence-corrected chi connectivity index (χ3v) is 6.36. The molecule has 0 saturated heterocycles. The topological polar surface area (TPSA) is 66.4 Å². The van der Waals surface area contributed by atoms with Crippen molar-refractivity contribution >= 4 is 21.4 Å². The lowest BCUT2D eigenvalue weighted by atomic mass is 9.92. The Morgan fingerprint density at radius 2 is 1.95 bits per heavy atom. The van der Waals surface area contributed by atoms with Crippen LogP contribution in [0, 0.1) is 0 Å². The number of thiophene rings is 1.